The van der Waals surface area contributed by atoms with Gasteiger partial charge in [-0.3, -0.25) is 0 Å². The standard InChI is InChI=1S/C5H8N6Si/c6-3-2-4(10-5(7)9-3)11(12)1-8-2/h1H,12H3,(H4,6,7,9,10). The zero-order valence-corrected chi connectivity index (χ0v) is 8.52. The van der Waals surface area contributed by atoms with E-state index in [2.05, 4.69) is 15.0 Å². The van der Waals surface area contributed by atoms with E-state index < -0.39 is 0 Å². The summed E-state index contributed by atoms with van der Waals surface area (Å²) in [6.07, 6.45) is 1.68. The van der Waals surface area contributed by atoms with Crippen LogP contribution in [0.15, 0.2) is 6.33 Å². The molecular formula is C5H8N6Si. The number of anilines is 2. The maximum atomic E-state index is 5.58. The zero-order chi connectivity index (χ0) is 8.72. The minimum absolute atomic E-state index is 0.192. The monoisotopic (exact) mass is 180 g/mol. The van der Waals surface area contributed by atoms with Crippen molar-refractivity contribution in [1.29, 1.82) is 0 Å². The molecule has 6 nitrogen and oxygen atoms in total. The van der Waals surface area contributed by atoms with Crippen molar-refractivity contribution in [3.8, 4) is 0 Å². The van der Waals surface area contributed by atoms with Crippen molar-refractivity contribution in [2.45, 2.75) is 0 Å². The molecule has 0 radical (unpaired) electrons. The smallest absolute Gasteiger partial charge is 0.224 e. The van der Waals surface area contributed by atoms with E-state index in [1.165, 1.54) is 0 Å². The first-order chi connectivity index (χ1) is 5.68. The van der Waals surface area contributed by atoms with Gasteiger partial charge in [0.2, 0.25) is 5.95 Å². The van der Waals surface area contributed by atoms with E-state index in [1.807, 2.05) is 4.23 Å². The fourth-order valence-electron chi connectivity index (χ4n) is 1.05. The summed E-state index contributed by atoms with van der Waals surface area (Å²) >= 11 is 0. The van der Waals surface area contributed by atoms with Crippen LogP contribution in [-0.4, -0.2) is 29.6 Å². The number of fused-ring (bicyclic) bond motifs is 1. The number of nitrogens with zero attached hydrogens (tertiary/aromatic N) is 4. The molecule has 0 amide bonds. The molecule has 0 aliphatic carbocycles. The Bertz CT molecular complexity index is 435. The summed E-state index contributed by atoms with van der Waals surface area (Å²) in [5, 5.41) is 0. The summed E-state index contributed by atoms with van der Waals surface area (Å²) in [5.74, 6) is 0.532. The highest BCUT2D eigenvalue weighted by Crippen LogP contribution is 2.14. The van der Waals surface area contributed by atoms with Crippen LogP contribution in [0.3, 0.4) is 0 Å². The van der Waals surface area contributed by atoms with Crippen molar-refractivity contribution in [1.82, 2.24) is 19.2 Å². The summed E-state index contributed by atoms with van der Waals surface area (Å²) < 4.78 is 1.88. The minimum Gasteiger partial charge on any atom is -0.382 e. The van der Waals surface area contributed by atoms with E-state index in [9.17, 15) is 0 Å². The fraction of sp³-hybridized carbons (Fsp3) is 0. The third kappa shape index (κ3) is 0.832. The Kier molecular flexibility index (Phi) is 1.28. The molecule has 0 aromatic carbocycles. The summed E-state index contributed by atoms with van der Waals surface area (Å²) in [7, 11) is 0.808. The van der Waals surface area contributed by atoms with Crippen molar-refractivity contribution in [3.05, 3.63) is 6.33 Å². The Morgan fingerprint density at radius 2 is 2.08 bits per heavy atom. The van der Waals surface area contributed by atoms with Gasteiger partial charge in [0.25, 0.3) is 0 Å². The zero-order valence-electron chi connectivity index (χ0n) is 6.52. The van der Waals surface area contributed by atoms with E-state index in [0.29, 0.717) is 17.0 Å². The van der Waals surface area contributed by atoms with Crippen LogP contribution in [0.4, 0.5) is 11.8 Å². The average Bonchev–Trinajstić information content (AvgIpc) is 2.33. The maximum Gasteiger partial charge on any atom is 0.224 e. The van der Waals surface area contributed by atoms with Crippen molar-refractivity contribution < 1.29 is 0 Å². The average molecular weight is 180 g/mol. The van der Waals surface area contributed by atoms with Crippen LogP contribution in [0.1, 0.15) is 0 Å². The predicted octanol–water partition coefficient (Wildman–Crippen LogP) is -1.88. The van der Waals surface area contributed by atoms with Gasteiger partial charge >= 0.3 is 0 Å². The van der Waals surface area contributed by atoms with E-state index in [0.717, 1.165) is 10.4 Å². The lowest BCUT2D eigenvalue weighted by molar-refractivity contribution is 1.18. The molecule has 0 unspecified atom stereocenters. The lowest BCUT2D eigenvalue weighted by Gasteiger charge is -1.97. The number of imidazole rings is 1. The molecule has 0 atom stereocenters. The Morgan fingerprint density at radius 1 is 1.33 bits per heavy atom. The first-order valence-corrected chi connectivity index (χ1v) is 4.28. The van der Waals surface area contributed by atoms with Gasteiger partial charge in [0.05, 0.1) is 6.33 Å². The van der Waals surface area contributed by atoms with Gasteiger partial charge in [-0.2, -0.15) is 9.97 Å². The summed E-state index contributed by atoms with van der Waals surface area (Å²) in [5.41, 5.74) is 12.3. The lowest BCUT2D eigenvalue weighted by Crippen LogP contribution is -2.02. The number of aromatic nitrogens is 4. The van der Waals surface area contributed by atoms with Gasteiger partial charge in [-0.1, -0.05) is 0 Å². The first kappa shape index (κ1) is 7.04. The van der Waals surface area contributed by atoms with Gasteiger partial charge in [-0.15, -0.1) is 0 Å². The van der Waals surface area contributed by atoms with Crippen molar-refractivity contribution in [2.24, 2.45) is 0 Å². The van der Waals surface area contributed by atoms with Crippen LogP contribution >= 0.6 is 0 Å². The van der Waals surface area contributed by atoms with E-state index >= 15 is 0 Å². The molecular weight excluding hydrogens is 172 g/mol. The van der Waals surface area contributed by atoms with Gasteiger partial charge in [-0.05, 0) is 0 Å². The molecule has 7 heteroatoms. The van der Waals surface area contributed by atoms with E-state index in [4.69, 9.17) is 11.5 Å². The third-order valence-electron chi connectivity index (χ3n) is 1.60. The highest BCUT2D eigenvalue weighted by Gasteiger charge is 2.06. The van der Waals surface area contributed by atoms with Crippen LogP contribution in [-0.2, 0) is 0 Å². The second-order valence-corrected chi connectivity index (χ2v) is 3.46. The fourth-order valence-corrected chi connectivity index (χ4v) is 1.47. The number of nitrogens with two attached hydrogens (primary N) is 2. The molecule has 0 bridgehead atoms. The van der Waals surface area contributed by atoms with Gasteiger partial charge in [-0.25, -0.2) is 4.98 Å². The maximum absolute atomic E-state index is 5.58. The Morgan fingerprint density at radius 3 is 2.83 bits per heavy atom. The molecule has 2 rings (SSSR count). The summed E-state index contributed by atoms with van der Waals surface area (Å²) in [4.78, 5) is 11.9. The molecule has 0 aliphatic rings. The Labute approximate surface area is 71.1 Å². The molecule has 12 heavy (non-hydrogen) atoms. The Hall–Kier alpha value is -1.63. The number of hydrogen-bond donors (Lipinski definition) is 2. The highest BCUT2D eigenvalue weighted by atomic mass is 28.2. The number of nitrogen functional groups attached to an aromatic ring is 2. The quantitative estimate of drug-likeness (QED) is 0.463. The highest BCUT2D eigenvalue weighted by molar-refractivity contribution is 6.10. The second-order valence-electron chi connectivity index (χ2n) is 2.49. The molecule has 0 fully saturated rings. The van der Waals surface area contributed by atoms with Gasteiger partial charge in [0.15, 0.2) is 11.5 Å². The number of rotatable bonds is 0. The van der Waals surface area contributed by atoms with E-state index in [-0.39, 0.29) is 5.95 Å². The predicted molar refractivity (Wildman–Crippen MR) is 49.5 cm³/mol. The molecule has 0 spiro atoms. The summed E-state index contributed by atoms with van der Waals surface area (Å²) in [6.45, 7) is 0. The SMILES string of the molecule is Nc1nc(N)c2ncn([SiH3])c2n1. The van der Waals surface area contributed by atoms with Crippen molar-refractivity contribution >= 4 is 33.3 Å². The van der Waals surface area contributed by atoms with Crippen LogP contribution in [0, 0.1) is 0 Å². The molecule has 2 heterocycles. The Balaban J connectivity index is 2.92. The van der Waals surface area contributed by atoms with Gasteiger partial charge in [0, 0.05) is 0 Å². The molecule has 0 saturated heterocycles. The van der Waals surface area contributed by atoms with Gasteiger partial charge < -0.3 is 15.7 Å². The molecule has 0 aliphatic heterocycles. The van der Waals surface area contributed by atoms with Crippen molar-refractivity contribution in [3.63, 3.8) is 0 Å². The molecule has 62 valence electrons. The normalized spacial score (nSPS) is 11.0. The largest absolute Gasteiger partial charge is 0.382 e. The second kappa shape index (κ2) is 2.17. The van der Waals surface area contributed by atoms with Crippen molar-refractivity contribution in [2.75, 3.05) is 11.5 Å². The third-order valence-corrected chi connectivity index (χ3v) is 2.26. The molecule has 4 N–H and O–H groups in total. The van der Waals surface area contributed by atoms with Gasteiger partial charge in [0.1, 0.15) is 15.9 Å². The van der Waals surface area contributed by atoms with Crippen LogP contribution in [0.25, 0.3) is 11.2 Å². The summed E-state index contributed by atoms with van der Waals surface area (Å²) in [6, 6.07) is 0. The number of hydrogen-bond acceptors (Lipinski definition) is 5. The topological polar surface area (TPSA) is 95.6 Å². The molecule has 2 aromatic rings. The van der Waals surface area contributed by atoms with Crippen LogP contribution < -0.4 is 11.5 Å². The van der Waals surface area contributed by atoms with Crippen LogP contribution in [0.5, 0.6) is 0 Å². The molecule has 2 aromatic heterocycles. The lowest BCUT2D eigenvalue weighted by atomic mass is 10.5. The molecule has 0 saturated carbocycles. The van der Waals surface area contributed by atoms with E-state index in [1.54, 1.807) is 6.33 Å². The van der Waals surface area contributed by atoms with Crippen LogP contribution in [0.2, 0.25) is 0 Å². The first-order valence-electron chi connectivity index (χ1n) is 3.38. The minimum atomic E-state index is 0.192.